The summed E-state index contributed by atoms with van der Waals surface area (Å²) in [5.41, 5.74) is 0.723. The molecule has 0 atom stereocenters. The number of nitrogens with one attached hydrogen (secondary N) is 2. The highest BCUT2D eigenvalue weighted by molar-refractivity contribution is 9.11. The van der Waals surface area contributed by atoms with Gasteiger partial charge in [0.15, 0.2) is 0 Å². The lowest BCUT2D eigenvalue weighted by atomic mass is 10.2. The molecule has 124 valence electrons. The van der Waals surface area contributed by atoms with Crippen molar-refractivity contribution in [3.63, 3.8) is 0 Å². The summed E-state index contributed by atoms with van der Waals surface area (Å²) >= 11 is 4.66. The fourth-order valence-corrected chi connectivity index (χ4v) is 4.53. The Morgan fingerprint density at radius 3 is 2.61 bits per heavy atom. The minimum absolute atomic E-state index is 0.180. The van der Waals surface area contributed by atoms with Crippen molar-refractivity contribution in [2.75, 3.05) is 0 Å². The minimum Gasteiger partial charge on any atom is -0.347 e. The van der Waals surface area contributed by atoms with E-state index in [1.165, 1.54) is 17.4 Å². The van der Waals surface area contributed by atoms with Crippen LogP contribution >= 0.6 is 27.3 Å². The van der Waals surface area contributed by atoms with E-state index in [-0.39, 0.29) is 23.4 Å². The van der Waals surface area contributed by atoms with Crippen LogP contribution in [0.4, 0.5) is 0 Å². The maximum absolute atomic E-state index is 12.2. The third kappa shape index (κ3) is 5.13. The molecule has 0 spiro atoms. The van der Waals surface area contributed by atoms with Crippen LogP contribution in [0.15, 0.2) is 45.1 Å². The molecule has 0 fully saturated rings. The first-order valence-corrected chi connectivity index (χ1v) is 10.0. The molecule has 8 heteroatoms. The molecule has 0 bridgehead atoms. The van der Waals surface area contributed by atoms with Gasteiger partial charge in [-0.15, -0.1) is 11.3 Å². The van der Waals surface area contributed by atoms with Crippen LogP contribution in [0.5, 0.6) is 0 Å². The Hall–Kier alpha value is -1.22. The summed E-state index contributed by atoms with van der Waals surface area (Å²) in [4.78, 5) is 12.8. The van der Waals surface area contributed by atoms with E-state index in [9.17, 15) is 13.2 Å². The second-order valence-corrected chi connectivity index (χ2v) is 9.39. The van der Waals surface area contributed by atoms with Gasteiger partial charge in [0.05, 0.1) is 13.6 Å². The highest BCUT2D eigenvalue weighted by atomic mass is 79.9. The Balaban J connectivity index is 2.07. The molecule has 0 aliphatic rings. The largest absolute Gasteiger partial charge is 0.347 e. The predicted octanol–water partition coefficient (Wildman–Crippen LogP) is 3.13. The summed E-state index contributed by atoms with van der Waals surface area (Å²) in [5, 5.41) is 2.78. The van der Waals surface area contributed by atoms with Crippen LogP contribution in [0.1, 0.15) is 29.1 Å². The topological polar surface area (TPSA) is 75.3 Å². The Morgan fingerprint density at radius 2 is 2.00 bits per heavy atom. The molecule has 5 nitrogen and oxygen atoms in total. The lowest BCUT2D eigenvalue weighted by molar-refractivity contribution is 0.0955. The van der Waals surface area contributed by atoms with E-state index >= 15 is 0 Å². The summed E-state index contributed by atoms with van der Waals surface area (Å²) in [6, 6.07) is 9.90. The second-order valence-electron chi connectivity index (χ2n) is 5.21. The molecule has 0 aliphatic carbocycles. The third-order valence-electron chi connectivity index (χ3n) is 2.85. The smallest absolute Gasteiger partial charge is 0.261 e. The molecule has 0 saturated carbocycles. The molecule has 0 aliphatic heterocycles. The van der Waals surface area contributed by atoms with Crippen LogP contribution in [0, 0.1) is 0 Å². The third-order valence-corrected chi connectivity index (χ3v) is 6.13. The van der Waals surface area contributed by atoms with Crippen LogP contribution in [-0.4, -0.2) is 20.4 Å². The average molecular weight is 417 g/mol. The van der Waals surface area contributed by atoms with Gasteiger partial charge in [0.1, 0.15) is 0 Å². The highest BCUT2D eigenvalue weighted by Gasteiger charge is 2.15. The second kappa shape index (κ2) is 7.57. The molecule has 1 aromatic heterocycles. The van der Waals surface area contributed by atoms with Gasteiger partial charge in [0.2, 0.25) is 10.0 Å². The number of thiophene rings is 1. The van der Waals surface area contributed by atoms with Gasteiger partial charge in [0.25, 0.3) is 5.91 Å². The zero-order valence-electron chi connectivity index (χ0n) is 12.7. The fraction of sp³-hybridized carbons (Fsp3) is 0.267. The van der Waals surface area contributed by atoms with Crippen molar-refractivity contribution in [3.8, 4) is 0 Å². The Morgan fingerprint density at radius 1 is 1.26 bits per heavy atom. The molecule has 0 saturated heterocycles. The SMILES string of the molecule is CC(C)NS(=O)(=O)c1cccc(CNC(=O)c2ccc(Br)s2)c1. The van der Waals surface area contributed by atoms with Gasteiger partial charge >= 0.3 is 0 Å². The molecule has 0 unspecified atom stereocenters. The zero-order chi connectivity index (χ0) is 17.0. The summed E-state index contributed by atoms with van der Waals surface area (Å²) in [6.45, 7) is 3.79. The van der Waals surface area contributed by atoms with Gasteiger partial charge in [-0.2, -0.15) is 0 Å². The van der Waals surface area contributed by atoms with E-state index in [1.54, 1.807) is 38.1 Å². The summed E-state index contributed by atoms with van der Waals surface area (Å²) in [5.74, 6) is -0.186. The Bertz CT molecular complexity index is 801. The molecule has 2 rings (SSSR count). The van der Waals surface area contributed by atoms with E-state index in [0.717, 1.165) is 9.35 Å². The molecule has 2 aromatic rings. The number of carbonyl (C=O) groups excluding carboxylic acids is 1. The van der Waals surface area contributed by atoms with Crippen molar-refractivity contribution in [2.24, 2.45) is 0 Å². The number of amides is 1. The average Bonchev–Trinajstić information content (AvgIpc) is 2.90. The Labute approximate surface area is 148 Å². The lowest BCUT2D eigenvalue weighted by Crippen LogP contribution is -2.30. The maximum atomic E-state index is 12.2. The van der Waals surface area contributed by atoms with Gasteiger partial charge < -0.3 is 5.32 Å². The van der Waals surface area contributed by atoms with Gasteiger partial charge in [-0.25, -0.2) is 13.1 Å². The van der Waals surface area contributed by atoms with E-state index in [4.69, 9.17) is 0 Å². The minimum atomic E-state index is -3.54. The summed E-state index contributed by atoms with van der Waals surface area (Å²) in [7, 11) is -3.54. The van der Waals surface area contributed by atoms with Gasteiger partial charge in [0, 0.05) is 12.6 Å². The molecule has 1 aromatic carbocycles. The first kappa shape index (κ1) is 18.1. The summed E-state index contributed by atoms with van der Waals surface area (Å²) in [6.07, 6.45) is 0. The monoisotopic (exact) mass is 416 g/mol. The van der Waals surface area contributed by atoms with Gasteiger partial charge in [-0.1, -0.05) is 12.1 Å². The van der Waals surface area contributed by atoms with Crippen LogP contribution in [0.25, 0.3) is 0 Å². The van der Waals surface area contributed by atoms with Crippen LogP contribution in [0.3, 0.4) is 0 Å². The van der Waals surface area contributed by atoms with Crippen molar-refractivity contribution in [1.29, 1.82) is 0 Å². The number of hydrogen-bond donors (Lipinski definition) is 2. The van der Waals surface area contributed by atoms with Crippen LogP contribution in [-0.2, 0) is 16.6 Å². The molecule has 2 N–H and O–H groups in total. The lowest BCUT2D eigenvalue weighted by Gasteiger charge is -2.11. The number of sulfonamides is 1. The fourth-order valence-electron chi connectivity index (χ4n) is 1.91. The van der Waals surface area contributed by atoms with Crippen LogP contribution in [0.2, 0.25) is 0 Å². The number of halogens is 1. The van der Waals surface area contributed by atoms with E-state index in [2.05, 4.69) is 26.0 Å². The van der Waals surface area contributed by atoms with Gasteiger partial charge in [-0.05, 0) is 59.6 Å². The van der Waals surface area contributed by atoms with Crippen molar-refractivity contribution in [3.05, 3.63) is 50.6 Å². The number of benzene rings is 1. The van der Waals surface area contributed by atoms with E-state index < -0.39 is 10.0 Å². The Kier molecular flexibility index (Phi) is 5.96. The first-order valence-electron chi connectivity index (χ1n) is 6.93. The molecular formula is C15H17BrN2O3S2. The van der Waals surface area contributed by atoms with Crippen molar-refractivity contribution in [2.45, 2.75) is 31.3 Å². The normalized spacial score (nSPS) is 11.7. The van der Waals surface area contributed by atoms with Crippen LogP contribution < -0.4 is 10.0 Å². The summed E-state index contributed by atoms with van der Waals surface area (Å²) < 4.78 is 27.7. The zero-order valence-corrected chi connectivity index (χ0v) is 15.9. The predicted molar refractivity (Wildman–Crippen MR) is 95.1 cm³/mol. The van der Waals surface area contributed by atoms with Crippen molar-refractivity contribution < 1.29 is 13.2 Å². The molecule has 1 amide bonds. The molecule has 23 heavy (non-hydrogen) atoms. The van der Waals surface area contributed by atoms with Crippen molar-refractivity contribution >= 4 is 43.2 Å². The first-order chi connectivity index (χ1) is 10.8. The van der Waals surface area contributed by atoms with Gasteiger partial charge in [-0.3, -0.25) is 4.79 Å². The molecular weight excluding hydrogens is 400 g/mol. The number of hydrogen-bond acceptors (Lipinski definition) is 4. The molecule has 0 radical (unpaired) electrons. The number of rotatable bonds is 6. The van der Waals surface area contributed by atoms with E-state index in [0.29, 0.717) is 4.88 Å². The standard InChI is InChI=1S/C15H17BrN2O3S2/c1-10(2)18-23(20,21)12-5-3-4-11(8-12)9-17-15(19)13-6-7-14(16)22-13/h3-8,10,18H,9H2,1-2H3,(H,17,19). The highest BCUT2D eigenvalue weighted by Crippen LogP contribution is 2.22. The quantitative estimate of drug-likeness (QED) is 0.759. The number of carbonyl (C=O) groups is 1. The van der Waals surface area contributed by atoms with E-state index in [1.807, 2.05) is 6.07 Å². The van der Waals surface area contributed by atoms with Crippen molar-refractivity contribution in [1.82, 2.24) is 10.0 Å². The molecule has 1 heterocycles. The maximum Gasteiger partial charge on any atom is 0.261 e.